The standard InChI is InChI=1S/C57H68O23/c1-22-8-11-56(52(75)80-51-45(70)46(42(67)33(19-58)78-51)79-48(72)24-14-28(59)39(64)29(60)15-24)13-12-54(4)27(38(56)23(22)2)6-7-34-53(3)18-32(63)47(71)57(35(53)9-10-55(34,54)5)20-76-49(73)25-16-30(61)40(65)43(68)36(25)37-26(50(74)77-21-57)17-31(62)41(66)44(37)69/h6,14-17,22-23,32-35,38,42,45-47,51,58-71H,7-13,18-21H2,1-5H3/t22-,23+,32-,33-,34-,35-,38+,42-,45-,46+,47+,51+,53-,54-,55-,56+/m1/s1. The number of ether oxygens (including phenoxy) is 5. The van der Waals surface area contributed by atoms with Crippen molar-refractivity contribution in [1.29, 1.82) is 0 Å². The average Bonchev–Trinajstić information content (AvgIpc) is 3.43. The maximum atomic E-state index is 15.2. The Morgan fingerprint density at radius 1 is 0.675 bits per heavy atom. The third kappa shape index (κ3) is 8.03. The summed E-state index contributed by atoms with van der Waals surface area (Å²) in [5, 5.41) is 152. The highest BCUT2D eigenvalue weighted by molar-refractivity contribution is 6.08. The molecule has 0 radical (unpaired) electrons. The average molecular weight is 1120 g/mol. The second kappa shape index (κ2) is 19.5. The van der Waals surface area contributed by atoms with Gasteiger partial charge in [-0.3, -0.25) is 4.79 Å². The van der Waals surface area contributed by atoms with Crippen molar-refractivity contribution >= 4 is 23.9 Å². The molecular formula is C57H68O23. The van der Waals surface area contributed by atoms with Crippen LogP contribution in [0.25, 0.3) is 11.1 Å². The third-order valence-corrected chi connectivity index (χ3v) is 20.7. The summed E-state index contributed by atoms with van der Waals surface area (Å²) in [6.45, 7) is 8.27. The summed E-state index contributed by atoms with van der Waals surface area (Å²) >= 11 is 0. The quantitative estimate of drug-likeness (QED) is 0.0737. The zero-order valence-electron chi connectivity index (χ0n) is 44.5. The minimum absolute atomic E-state index is 0.0479. The van der Waals surface area contributed by atoms with Crippen LogP contribution in [0.15, 0.2) is 35.9 Å². The third-order valence-electron chi connectivity index (χ3n) is 20.7. The molecule has 14 N–H and O–H groups in total. The molecule has 2 heterocycles. The molecule has 4 saturated carbocycles. The van der Waals surface area contributed by atoms with Crippen molar-refractivity contribution in [1.82, 2.24) is 0 Å². The Balaban J connectivity index is 0.983. The smallest absolute Gasteiger partial charge is 0.339 e. The van der Waals surface area contributed by atoms with Crippen LogP contribution in [0, 0.1) is 56.7 Å². The lowest BCUT2D eigenvalue weighted by atomic mass is 9.33. The Bertz CT molecular complexity index is 3000. The number of phenolic OH excluding ortho intramolecular Hbond substituents is 9. The van der Waals surface area contributed by atoms with Gasteiger partial charge in [-0.15, -0.1) is 0 Å². The van der Waals surface area contributed by atoms with E-state index in [2.05, 4.69) is 33.8 Å². The lowest BCUT2D eigenvalue weighted by Crippen LogP contribution is -2.70. The Kier molecular flexibility index (Phi) is 13.8. The molecule has 5 aliphatic carbocycles. The van der Waals surface area contributed by atoms with Gasteiger partial charge in [-0.2, -0.15) is 0 Å². The fourth-order valence-electron chi connectivity index (χ4n) is 16.1. The molecule has 0 unspecified atom stereocenters. The van der Waals surface area contributed by atoms with Crippen LogP contribution >= 0.6 is 0 Å². The number of aliphatic hydroxyl groups excluding tert-OH is 5. The van der Waals surface area contributed by atoms with Gasteiger partial charge in [-0.05, 0) is 121 Å². The fraction of sp³-hybridized carbons (Fsp3) is 0.579. The monoisotopic (exact) mass is 1120 g/mol. The number of phenols is 9. The number of carbonyl (C=O) groups is 4. The molecule has 16 atom stereocenters. The van der Waals surface area contributed by atoms with Crippen LogP contribution in [0.5, 0.6) is 51.7 Å². The molecule has 0 bridgehead atoms. The summed E-state index contributed by atoms with van der Waals surface area (Å²) in [7, 11) is 0. The van der Waals surface area contributed by atoms with Crippen molar-refractivity contribution < 1.29 is 114 Å². The molecule has 23 heteroatoms. The predicted molar refractivity (Wildman–Crippen MR) is 272 cm³/mol. The van der Waals surface area contributed by atoms with Gasteiger partial charge in [0.15, 0.2) is 52.5 Å². The summed E-state index contributed by atoms with van der Waals surface area (Å²) < 4.78 is 29.3. The first kappa shape index (κ1) is 56.5. The van der Waals surface area contributed by atoms with Gasteiger partial charge in [0.2, 0.25) is 17.8 Å². The Morgan fingerprint density at radius 3 is 1.80 bits per heavy atom. The van der Waals surface area contributed by atoms with Crippen LogP contribution in [-0.2, 0) is 28.5 Å². The number of hydrogen-bond donors (Lipinski definition) is 14. The molecule has 7 aliphatic rings. The molecule has 3 aromatic rings. The van der Waals surface area contributed by atoms with Crippen molar-refractivity contribution in [3.8, 4) is 62.9 Å². The normalized spacial score (nSPS) is 37.3. The van der Waals surface area contributed by atoms with Crippen molar-refractivity contribution in [2.24, 2.45) is 56.7 Å². The van der Waals surface area contributed by atoms with E-state index < -0.39 is 205 Å². The van der Waals surface area contributed by atoms with Crippen molar-refractivity contribution in [3.05, 3.63) is 52.6 Å². The van der Waals surface area contributed by atoms with E-state index in [0.29, 0.717) is 50.7 Å². The molecule has 0 aromatic heterocycles. The summed E-state index contributed by atoms with van der Waals surface area (Å²) in [4.78, 5) is 57.3. The van der Waals surface area contributed by atoms with Crippen LogP contribution in [0.3, 0.4) is 0 Å². The van der Waals surface area contributed by atoms with Gasteiger partial charge in [0.25, 0.3) is 0 Å². The van der Waals surface area contributed by atoms with Gasteiger partial charge in [0, 0.05) is 11.1 Å². The van der Waals surface area contributed by atoms with E-state index in [1.165, 1.54) is 0 Å². The highest BCUT2D eigenvalue weighted by Gasteiger charge is 2.72. The van der Waals surface area contributed by atoms with Crippen LogP contribution in [0.2, 0.25) is 0 Å². The number of allylic oxidation sites excluding steroid dienone is 2. The van der Waals surface area contributed by atoms with Crippen LogP contribution < -0.4 is 0 Å². The summed E-state index contributed by atoms with van der Waals surface area (Å²) in [5.41, 5.74) is -7.54. The number of cyclic esters (lactones) is 2. The van der Waals surface area contributed by atoms with E-state index in [1.807, 2.05) is 6.92 Å². The van der Waals surface area contributed by atoms with Gasteiger partial charge in [-0.1, -0.05) is 46.3 Å². The van der Waals surface area contributed by atoms with Crippen LogP contribution in [-0.4, -0.2) is 158 Å². The number of aromatic hydroxyl groups is 9. The minimum Gasteiger partial charge on any atom is -0.504 e. The first-order valence-corrected chi connectivity index (χ1v) is 26.8. The molecule has 10 rings (SSSR count). The molecule has 0 amide bonds. The summed E-state index contributed by atoms with van der Waals surface area (Å²) in [6.07, 6.45) is -7.22. The lowest BCUT2D eigenvalue weighted by Gasteiger charge is -2.71. The number of benzene rings is 3. The second-order valence-corrected chi connectivity index (χ2v) is 24.3. The number of carbonyl (C=O) groups excluding carboxylic acids is 4. The molecular weight excluding hydrogens is 1050 g/mol. The number of esters is 4. The van der Waals surface area contributed by atoms with E-state index >= 15 is 4.79 Å². The zero-order chi connectivity index (χ0) is 58.2. The fourth-order valence-corrected chi connectivity index (χ4v) is 16.1. The first-order chi connectivity index (χ1) is 37.5. The second-order valence-electron chi connectivity index (χ2n) is 24.3. The molecule has 1 spiro atoms. The highest BCUT2D eigenvalue weighted by atomic mass is 16.7. The predicted octanol–water partition coefficient (Wildman–Crippen LogP) is 4.19. The topological polar surface area (TPSA) is 398 Å². The van der Waals surface area contributed by atoms with E-state index in [9.17, 15) is 85.9 Å². The van der Waals surface area contributed by atoms with E-state index in [4.69, 9.17) is 23.7 Å². The highest BCUT2D eigenvalue weighted by Crippen LogP contribution is 2.76. The van der Waals surface area contributed by atoms with Gasteiger partial charge in [0.05, 0.1) is 46.3 Å². The number of hydrogen-bond acceptors (Lipinski definition) is 23. The first-order valence-electron chi connectivity index (χ1n) is 26.8. The van der Waals surface area contributed by atoms with Gasteiger partial charge in [-0.25, -0.2) is 14.4 Å². The number of aliphatic hydroxyl groups is 5. The maximum absolute atomic E-state index is 15.2. The lowest BCUT2D eigenvalue weighted by molar-refractivity contribution is -0.297. The summed E-state index contributed by atoms with van der Waals surface area (Å²) in [5.74, 6) is -15.3. The molecule has 2 aliphatic heterocycles. The number of fused-ring (bicyclic) bond motifs is 11. The van der Waals surface area contributed by atoms with Gasteiger partial charge >= 0.3 is 23.9 Å². The molecule has 434 valence electrons. The molecule has 1 saturated heterocycles. The Hall–Kier alpha value is -6.76. The SMILES string of the molecule is C[C@H]1[C@H](C)CC[C@]2(C(=O)O[C@@H]3O[C@H](CO)[C@@H](O)[C@H](OC(=O)c4cc(O)c(O)c(O)c4)[C@H]3O)CC[C@]3(C)C(=CC[C@@H]4[C@@]5(C)C[C@@H](O)[C@H](O)C6(COC(=O)c7cc(O)c(O)c(O)c7-c7c(cc(O)c(O)c7O)C(=O)OC6)[C@@H]5CC[C@]43C)[C@H]12. The van der Waals surface area contributed by atoms with Crippen LogP contribution in [0.1, 0.15) is 117 Å². The van der Waals surface area contributed by atoms with E-state index in [1.54, 1.807) is 0 Å². The minimum atomic E-state index is -2.01. The largest absolute Gasteiger partial charge is 0.504 e. The number of rotatable bonds is 5. The van der Waals surface area contributed by atoms with Gasteiger partial charge in [0.1, 0.15) is 25.4 Å². The van der Waals surface area contributed by atoms with Crippen LogP contribution in [0.4, 0.5) is 0 Å². The van der Waals surface area contributed by atoms with Crippen molar-refractivity contribution in [2.75, 3.05) is 19.8 Å². The Morgan fingerprint density at radius 2 is 1.24 bits per heavy atom. The molecule has 80 heavy (non-hydrogen) atoms. The summed E-state index contributed by atoms with van der Waals surface area (Å²) in [6, 6.07) is 2.99. The molecule has 3 aromatic carbocycles. The van der Waals surface area contributed by atoms with E-state index in [-0.39, 0.29) is 30.6 Å². The van der Waals surface area contributed by atoms with Crippen molar-refractivity contribution in [2.45, 2.75) is 129 Å². The van der Waals surface area contributed by atoms with E-state index in [0.717, 1.165) is 17.7 Å². The maximum Gasteiger partial charge on any atom is 0.339 e. The molecule has 5 fully saturated rings. The van der Waals surface area contributed by atoms with Crippen molar-refractivity contribution in [3.63, 3.8) is 0 Å². The molecule has 23 nitrogen and oxygen atoms in total. The Labute approximate surface area is 457 Å². The zero-order valence-corrected chi connectivity index (χ0v) is 44.5. The van der Waals surface area contributed by atoms with Gasteiger partial charge < -0.3 is 95.2 Å².